The Hall–Kier alpha value is -0.910. The van der Waals surface area contributed by atoms with E-state index in [2.05, 4.69) is 19.8 Å². The van der Waals surface area contributed by atoms with Gasteiger partial charge in [0.25, 0.3) is 0 Å². The molecule has 1 atom stereocenters. The van der Waals surface area contributed by atoms with Crippen molar-refractivity contribution in [1.29, 1.82) is 0 Å². The Morgan fingerprint density at radius 3 is 2.74 bits per heavy atom. The molecule has 5 heteroatoms. The summed E-state index contributed by atoms with van der Waals surface area (Å²) in [6.07, 6.45) is 8.22. The lowest BCUT2D eigenvalue weighted by Gasteiger charge is -2.41. The molecule has 2 aliphatic heterocycles. The summed E-state index contributed by atoms with van der Waals surface area (Å²) in [6, 6.07) is 0. The van der Waals surface area contributed by atoms with Crippen LogP contribution in [0.1, 0.15) is 31.5 Å². The third-order valence-electron chi connectivity index (χ3n) is 4.28. The summed E-state index contributed by atoms with van der Waals surface area (Å²) in [6.45, 7) is 5.78. The van der Waals surface area contributed by atoms with E-state index in [1.54, 1.807) is 6.20 Å². The van der Waals surface area contributed by atoms with Gasteiger partial charge in [0.1, 0.15) is 5.82 Å². The summed E-state index contributed by atoms with van der Waals surface area (Å²) in [5.41, 5.74) is -0.533. The highest BCUT2D eigenvalue weighted by Gasteiger charge is 2.35. The van der Waals surface area contributed by atoms with Gasteiger partial charge in [-0.25, -0.2) is 4.98 Å². The van der Waals surface area contributed by atoms with Crippen LogP contribution in [0.15, 0.2) is 12.4 Å². The zero-order chi connectivity index (χ0) is 13.1. The highest BCUT2D eigenvalue weighted by atomic mass is 16.3. The van der Waals surface area contributed by atoms with Crippen molar-refractivity contribution >= 4 is 0 Å². The molecule has 2 saturated heterocycles. The topological polar surface area (TPSA) is 55.4 Å². The predicted molar refractivity (Wildman–Crippen MR) is 73.7 cm³/mol. The fourth-order valence-corrected chi connectivity index (χ4v) is 3.42. The average molecular weight is 264 g/mol. The second kappa shape index (κ2) is 5.61. The Morgan fingerprint density at radius 1 is 1.21 bits per heavy atom. The lowest BCUT2D eigenvalue weighted by atomic mass is 9.92. The summed E-state index contributed by atoms with van der Waals surface area (Å²) in [5, 5.41) is 10.8. The van der Waals surface area contributed by atoms with E-state index in [1.165, 1.54) is 12.8 Å². The summed E-state index contributed by atoms with van der Waals surface area (Å²) < 4.78 is 0. The van der Waals surface area contributed by atoms with Crippen LogP contribution >= 0.6 is 0 Å². The van der Waals surface area contributed by atoms with E-state index in [1.807, 2.05) is 6.20 Å². The van der Waals surface area contributed by atoms with Crippen molar-refractivity contribution in [3.63, 3.8) is 0 Å². The third kappa shape index (κ3) is 3.35. The number of H-pyrrole nitrogens is 1. The standard InChI is InChI=1S/C14H24N4O/c19-14(11-17-7-1-2-8-17)4-3-9-18(12-14)10-13-15-5-6-16-13/h5-6,19H,1-4,7-12H2,(H,15,16). The fourth-order valence-electron chi connectivity index (χ4n) is 3.42. The molecule has 0 spiro atoms. The molecular formula is C14H24N4O. The maximum absolute atomic E-state index is 10.8. The Labute approximate surface area is 114 Å². The molecule has 19 heavy (non-hydrogen) atoms. The molecule has 0 aromatic carbocycles. The van der Waals surface area contributed by atoms with Crippen molar-refractivity contribution in [1.82, 2.24) is 19.8 Å². The van der Waals surface area contributed by atoms with Gasteiger partial charge in [-0.1, -0.05) is 0 Å². The summed E-state index contributed by atoms with van der Waals surface area (Å²) in [7, 11) is 0. The normalized spacial score (nSPS) is 29.9. The monoisotopic (exact) mass is 264 g/mol. The summed E-state index contributed by atoms with van der Waals surface area (Å²) in [4.78, 5) is 12.1. The van der Waals surface area contributed by atoms with Gasteiger partial charge >= 0.3 is 0 Å². The number of aliphatic hydroxyl groups is 1. The molecule has 1 aromatic rings. The first-order chi connectivity index (χ1) is 9.23. The lowest BCUT2D eigenvalue weighted by Crippen LogP contribution is -2.53. The average Bonchev–Trinajstić information content (AvgIpc) is 3.02. The quantitative estimate of drug-likeness (QED) is 0.846. The van der Waals surface area contributed by atoms with E-state index in [0.29, 0.717) is 0 Å². The zero-order valence-corrected chi connectivity index (χ0v) is 11.5. The minimum Gasteiger partial charge on any atom is -0.387 e. The van der Waals surface area contributed by atoms with Gasteiger partial charge in [0, 0.05) is 25.5 Å². The number of hydrogen-bond donors (Lipinski definition) is 2. The van der Waals surface area contributed by atoms with Gasteiger partial charge < -0.3 is 15.0 Å². The molecule has 5 nitrogen and oxygen atoms in total. The predicted octanol–water partition coefficient (Wildman–Crippen LogP) is 0.832. The molecule has 0 bridgehead atoms. The first kappa shape index (κ1) is 13.1. The molecule has 3 rings (SSSR count). The Morgan fingerprint density at radius 2 is 2.00 bits per heavy atom. The largest absolute Gasteiger partial charge is 0.387 e. The zero-order valence-electron chi connectivity index (χ0n) is 11.5. The number of aromatic amines is 1. The van der Waals surface area contributed by atoms with Crippen LogP contribution in [0.3, 0.4) is 0 Å². The second-order valence-corrected chi connectivity index (χ2v) is 6.06. The highest BCUT2D eigenvalue weighted by molar-refractivity contribution is 4.94. The van der Waals surface area contributed by atoms with Crippen LogP contribution in [0.5, 0.6) is 0 Å². The molecule has 3 heterocycles. The molecule has 1 unspecified atom stereocenters. The first-order valence-electron chi connectivity index (χ1n) is 7.39. The van der Waals surface area contributed by atoms with E-state index in [4.69, 9.17) is 0 Å². The lowest BCUT2D eigenvalue weighted by molar-refractivity contribution is -0.0524. The maximum Gasteiger partial charge on any atom is 0.120 e. The molecule has 0 aliphatic carbocycles. The molecule has 1 aromatic heterocycles. The van der Waals surface area contributed by atoms with Gasteiger partial charge in [0.05, 0.1) is 12.1 Å². The van der Waals surface area contributed by atoms with Crippen molar-refractivity contribution in [3.8, 4) is 0 Å². The molecule has 106 valence electrons. The van der Waals surface area contributed by atoms with Crippen LogP contribution in [0.2, 0.25) is 0 Å². The maximum atomic E-state index is 10.8. The number of imidazole rings is 1. The van der Waals surface area contributed by atoms with Crippen molar-refractivity contribution in [2.24, 2.45) is 0 Å². The second-order valence-electron chi connectivity index (χ2n) is 6.06. The Bertz CT molecular complexity index is 388. The van der Waals surface area contributed by atoms with Crippen molar-refractivity contribution in [2.45, 2.75) is 37.8 Å². The summed E-state index contributed by atoms with van der Waals surface area (Å²) >= 11 is 0. The van der Waals surface area contributed by atoms with Crippen molar-refractivity contribution in [2.75, 3.05) is 32.7 Å². The minimum absolute atomic E-state index is 0.533. The first-order valence-corrected chi connectivity index (χ1v) is 7.39. The number of piperidine rings is 1. The van der Waals surface area contributed by atoms with E-state index in [9.17, 15) is 5.11 Å². The van der Waals surface area contributed by atoms with Gasteiger partial charge in [-0.3, -0.25) is 4.90 Å². The van der Waals surface area contributed by atoms with Gasteiger partial charge in [-0.05, 0) is 45.3 Å². The number of rotatable bonds is 4. The van der Waals surface area contributed by atoms with E-state index in [-0.39, 0.29) is 0 Å². The Kier molecular flexibility index (Phi) is 3.86. The van der Waals surface area contributed by atoms with Crippen molar-refractivity contribution < 1.29 is 5.11 Å². The number of nitrogens with zero attached hydrogens (tertiary/aromatic N) is 3. The fraction of sp³-hybridized carbons (Fsp3) is 0.786. The van der Waals surface area contributed by atoms with Crippen LogP contribution in [-0.2, 0) is 6.54 Å². The molecule has 2 N–H and O–H groups in total. The number of nitrogens with one attached hydrogen (secondary N) is 1. The van der Waals surface area contributed by atoms with Gasteiger partial charge in [0.2, 0.25) is 0 Å². The Balaban J connectivity index is 1.56. The number of likely N-dealkylation sites (tertiary alicyclic amines) is 2. The van der Waals surface area contributed by atoms with Gasteiger partial charge in [-0.2, -0.15) is 0 Å². The molecular weight excluding hydrogens is 240 g/mol. The van der Waals surface area contributed by atoms with Crippen LogP contribution in [-0.4, -0.2) is 63.2 Å². The molecule has 0 amide bonds. The van der Waals surface area contributed by atoms with E-state index in [0.717, 1.165) is 57.9 Å². The van der Waals surface area contributed by atoms with E-state index < -0.39 is 5.60 Å². The summed E-state index contributed by atoms with van der Waals surface area (Å²) in [5.74, 6) is 0.991. The van der Waals surface area contributed by atoms with Crippen LogP contribution in [0.25, 0.3) is 0 Å². The number of aromatic nitrogens is 2. The van der Waals surface area contributed by atoms with Gasteiger partial charge in [0.15, 0.2) is 0 Å². The smallest absolute Gasteiger partial charge is 0.120 e. The number of β-amino-alcohol motifs (C(OH)–C–C–N with tert-alkyl or cyclic N) is 1. The third-order valence-corrected chi connectivity index (χ3v) is 4.28. The van der Waals surface area contributed by atoms with Crippen LogP contribution in [0.4, 0.5) is 0 Å². The number of hydrogen-bond acceptors (Lipinski definition) is 4. The molecule has 0 radical (unpaired) electrons. The SMILES string of the molecule is OC1(CN2CCCC2)CCCN(Cc2ncc[nH]2)C1. The molecule has 2 fully saturated rings. The van der Waals surface area contributed by atoms with E-state index >= 15 is 0 Å². The minimum atomic E-state index is -0.533. The van der Waals surface area contributed by atoms with Crippen LogP contribution in [0, 0.1) is 0 Å². The van der Waals surface area contributed by atoms with Gasteiger partial charge in [-0.15, -0.1) is 0 Å². The van der Waals surface area contributed by atoms with Crippen molar-refractivity contribution in [3.05, 3.63) is 18.2 Å². The highest BCUT2D eigenvalue weighted by Crippen LogP contribution is 2.24. The molecule has 2 aliphatic rings. The molecule has 0 saturated carbocycles. The van der Waals surface area contributed by atoms with Crippen LogP contribution < -0.4 is 0 Å².